The minimum atomic E-state index is -0.527. The van der Waals surface area contributed by atoms with Crippen LogP contribution in [0.3, 0.4) is 0 Å². The van der Waals surface area contributed by atoms with Gasteiger partial charge in [0.25, 0.3) is 0 Å². The maximum atomic E-state index is 12.0. The van der Waals surface area contributed by atoms with Gasteiger partial charge in [0.05, 0.1) is 13.2 Å². The summed E-state index contributed by atoms with van der Waals surface area (Å²) in [5.74, 6) is -0.212. The molecule has 1 N–H and O–H groups in total. The number of rotatable bonds is 27. The number of allylic oxidation sites excluding steroid dienone is 2. The molecular formula is C30H58O4. The molecule has 202 valence electrons. The monoisotopic (exact) mass is 482 g/mol. The first-order valence-electron chi connectivity index (χ1n) is 14.8. The van der Waals surface area contributed by atoms with E-state index in [1.54, 1.807) is 0 Å². The highest BCUT2D eigenvalue weighted by molar-refractivity contribution is 5.69. The van der Waals surface area contributed by atoms with Crippen molar-refractivity contribution in [2.24, 2.45) is 0 Å². The van der Waals surface area contributed by atoms with E-state index in [1.165, 1.54) is 109 Å². The quantitative estimate of drug-likeness (QED) is 0.0722. The summed E-state index contributed by atoms with van der Waals surface area (Å²) in [6, 6.07) is 0. The lowest BCUT2D eigenvalue weighted by Gasteiger charge is -2.15. The van der Waals surface area contributed by atoms with Gasteiger partial charge >= 0.3 is 5.97 Å². The zero-order valence-corrected chi connectivity index (χ0v) is 22.9. The van der Waals surface area contributed by atoms with E-state index in [4.69, 9.17) is 9.47 Å². The van der Waals surface area contributed by atoms with Gasteiger partial charge in [-0.1, -0.05) is 116 Å². The van der Waals surface area contributed by atoms with Crippen LogP contribution in [0, 0.1) is 0 Å². The average molecular weight is 483 g/mol. The molecule has 0 heterocycles. The number of ether oxygens (including phenoxy) is 2. The van der Waals surface area contributed by atoms with Gasteiger partial charge in [-0.05, 0) is 38.5 Å². The number of hydrogen-bond donors (Lipinski definition) is 1. The maximum absolute atomic E-state index is 12.0. The number of esters is 1. The molecule has 1 atom stereocenters. The van der Waals surface area contributed by atoms with Crippen molar-refractivity contribution in [3.8, 4) is 0 Å². The van der Waals surface area contributed by atoms with Gasteiger partial charge in [0.15, 0.2) is 0 Å². The van der Waals surface area contributed by atoms with E-state index in [0.717, 1.165) is 19.3 Å². The number of hydrogen-bond acceptors (Lipinski definition) is 4. The second-order valence-corrected chi connectivity index (χ2v) is 9.82. The van der Waals surface area contributed by atoms with E-state index in [9.17, 15) is 9.90 Å². The lowest BCUT2D eigenvalue weighted by Crippen LogP contribution is -2.27. The maximum Gasteiger partial charge on any atom is 0.306 e. The van der Waals surface area contributed by atoms with Crippen molar-refractivity contribution < 1.29 is 19.4 Å². The molecule has 0 aromatic carbocycles. The normalized spacial score (nSPS) is 12.4. The van der Waals surface area contributed by atoms with Crippen molar-refractivity contribution in [3.05, 3.63) is 12.2 Å². The third kappa shape index (κ3) is 25.7. The van der Waals surface area contributed by atoms with Crippen molar-refractivity contribution in [1.29, 1.82) is 0 Å². The Bertz CT molecular complexity index is 436. The lowest BCUT2D eigenvalue weighted by molar-refractivity contribution is -0.154. The van der Waals surface area contributed by atoms with Crippen molar-refractivity contribution in [2.75, 3.05) is 19.8 Å². The standard InChI is InChI=1S/C30H58O4/c1-3-5-7-9-11-12-13-14-15-16-17-18-19-20-21-23-25-30(32)34-29(27-31)28-33-26-24-22-10-8-6-4-2/h15-16,29,31H,3-14,17-28H2,1-2H3/b16-15-. The average Bonchev–Trinajstić information content (AvgIpc) is 2.84. The van der Waals surface area contributed by atoms with Crippen LogP contribution in [-0.4, -0.2) is 37.0 Å². The number of aliphatic hydroxyl groups is 1. The van der Waals surface area contributed by atoms with Gasteiger partial charge in [0.2, 0.25) is 0 Å². The SMILES string of the molecule is CCCCCCCCC/C=C\CCCCCCCC(=O)OC(CO)COCCCCCCCC. The molecule has 4 nitrogen and oxygen atoms in total. The Hall–Kier alpha value is -0.870. The molecule has 0 aromatic rings. The molecule has 0 radical (unpaired) electrons. The van der Waals surface area contributed by atoms with Crippen molar-refractivity contribution >= 4 is 5.97 Å². The summed E-state index contributed by atoms with van der Waals surface area (Å²) >= 11 is 0. The summed E-state index contributed by atoms with van der Waals surface area (Å²) in [5, 5.41) is 9.42. The highest BCUT2D eigenvalue weighted by Crippen LogP contribution is 2.11. The van der Waals surface area contributed by atoms with Crippen LogP contribution in [0.2, 0.25) is 0 Å². The molecule has 0 fully saturated rings. The van der Waals surface area contributed by atoms with E-state index in [2.05, 4.69) is 26.0 Å². The van der Waals surface area contributed by atoms with Crippen LogP contribution >= 0.6 is 0 Å². The van der Waals surface area contributed by atoms with Crippen molar-refractivity contribution in [3.63, 3.8) is 0 Å². The van der Waals surface area contributed by atoms with E-state index in [0.29, 0.717) is 19.6 Å². The molecule has 0 rings (SSSR count). The topological polar surface area (TPSA) is 55.8 Å². The Morgan fingerprint density at radius 3 is 1.68 bits per heavy atom. The molecule has 0 saturated heterocycles. The summed E-state index contributed by atoms with van der Waals surface area (Å²) in [4.78, 5) is 12.0. The van der Waals surface area contributed by atoms with Crippen LogP contribution in [0.15, 0.2) is 12.2 Å². The Kier molecular flexibility index (Phi) is 27.6. The Balaban J connectivity index is 3.44. The zero-order chi connectivity index (χ0) is 25.0. The summed E-state index contributed by atoms with van der Waals surface area (Å²) in [7, 11) is 0. The van der Waals surface area contributed by atoms with Gasteiger partial charge < -0.3 is 14.6 Å². The fourth-order valence-corrected chi connectivity index (χ4v) is 4.08. The Labute approximate surface area is 212 Å². The number of carbonyl (C=O) groups excluding carboxylic acids is 1. The molecule has 0 spiro atoms. The highest BCUT2D eigenvalue weighted by Gasteiger charge is 2.13. The van der Waals surface area contributed by atoms with E-state index >= 15 is 0 Å². The number of unbranched alkanes of at least 4 members (excludes halogenated alkanes) is 17. The fraction of sp³-hybridized carbons (Fsp3) is 0.900. The predicted octanol–water partition coefficient (Wildman–Crippen LogP) is 8.70. The second-order valence-electron chi connectivity index (χ2n) is 9.82. The molecule has 0 amide bonds. The summed E-state index contributed by atoms with van der Waals surface area (Å²) in [5.41, 5.74) is 0. The van der Waals surface area contributed by atoms with Crippen molar-refractivity contribution in [1.82, 2.24) is 0 Å². The molecule has 34 heavy (non-hydrogen) atoms. The summed E-state index contributed by atoms with van der Waals surface area (Å²) < 4.78 is 10.9. The Morgan fingerprint density at radius 2 is 1.15 bits per heavy atom. The van der Waals surface area contributed by atoms with Crippen LogP contribution in [0.25, 0.3) is 0 Å². The second kappa shape index (κ2) is 28.4. The first-order chi connectivity index (χ1) is 16.7. The molecule has 0 aliphatic carbocycles. The summed E-state index contributed by atoms with van der Waals surface area (Å²) in [6.45, 7) is 5.29. The summed E-state index contributed by atoms with van der Waals surface area (Å²) in [6.07, 6.45) is 29.6. The number of carbonyl (C=O) groups is 1. The van der Waals surface area contributed by atoms with Gasteiger partial charge in [0, 0.05) is 13.0 Å². The fourth-order valence-electron chi connectivity index (χ4n) is 4.08. The van der Waals surface area contributed by atoms with E-state index < -0.39 is 6.10 Å². The van der Waals surface area contributed by atoms with Crippen LogP contribution < -0.4 is 0 Å². The van der Waals surface area contributed by atoms with Crippen molar-refractivity contribution in [2.45, 2.75) is 155 Å². The predicted molar refractivity (Wildman–Crippen MR) is 145 cm³/mol. The molecule has 0 aromatic heterocycles. The minimum absolute atomic E-state index is 0.172. The third-order valence-corrected chi connectivity index (χ3v) is 6.34. The molecule has 0 aliphatic rings. The van der Waals surface area contributed by atoms with Crippen LogP contribution in [0.1, 0.15) is 149 Å². The largest absolute Gasteiger partial charge is 0.457 e. The van der Waals surface area contributed by atoms with Crippen LogP contribution in [0.5, 0.6) is 0 Å². The van der Waals surface area contributed by atoms with Crippen LogP contribution in [0.4, 0.5) is 0 Å². The van der Waals surface area contributed by atoms with Gasteiger partial charge in [-0.2, -0.15) is 0 Å². The van der Waals surface area contributed by atoms with Gasteiger partial charge in [0.1, 0.15) is 6.10 Å². The minimum Gasteiger partial charge on any atom is -0.457 e. The molecule has 0 bridgehead atoms. The number of aliphatic hydroxyl groups excluding tert-OH is 1. The first kappa shape index (κ1) is 33.1. The van der Waals surface area contributed by atoms with Gasteiger partial charge in [-0.3, -0.25) is 4.79 Å². The molecule has 0 aliphatic heterocycles. The van der Waals surface area contributed by atoms with E-state index in [-0.39, 0.29) is 12.6 Å². The third-order valence-electron chi connectivity index (χ3n) is 6.34. The smallest absolute Gasteiger partial charge is 0.306 e. The lowest BCUT2D eigenvalue weighted by atomic mass is 10.1. The van der Waals surface area contributed by atoms with Gasteiger partial charge in [-0.15, -0.1) is 0 Å². The highest BCUT2D eigenvalue weighted by atomic mass is 16.6. The first-order valence-corrected chi connectivity index (χ1v) is 14.8. The zero-order valence-electron chi connectivity index (χ0n) is 22.9. The van der Waals surface area contributed by atoms with E-state index in [1.807, 2.05) is 0 Å². The molecular weight excluding hydrogens is 424 g/mol. The molecule has 0 saturated carbocycles. The van der Waals surface area contributed by atoms with Crippen LogP contribution in [-0.2, 0) is 14.3 Å². The van der Waals surface area contributed by atoms with Gasteiger partial charge in [-0.25, -0.2) is 0 Å². The Morgan fingerprint density at radius 1 is 0.676 bits per heavy atom. The molecule has 1 unspecified atom stereocenters. The molecule has 4 heteroatoms.